The van der Waals surface area contributed by atoms with Gasteiger partial charge in [0.25, 0.3) is 0 Å². The van der Waals surface area contributed by atoms with Gasteiger partial charge in [-0.25, -0.2) is 9.78 Å². The van der Waals surface area contributed by atoms with E-state index in [0.717, 1.165) is 5.56 Å². The number of aromatic nitrogens is 2. The van der Waals surface area contributed by atoms with Gasteiger partial charge in [-0.2, -0.15) is 0 Å². The highest BCUT2D eigenvalue weighted by Crippen LogP contribution is 2.20. The minimum atomic E-state index is -0.325. The number of benzene rings is 1. The van der Waals surface area contributed by atoms with Crippen LogP contribution in [0.15, 0.2) is 36.7 Å². The normalized spacial score (nSPS) is 9.47. The molecular formula is C12H13ClN2O2. The van der Waals surface area contributed by atoms with Crippen LogP contribution in [0.1, 0.15) is 17.3 Å². The second-order valence-electron chi connectivity index (χ2n) is 3.20. The SMILES string of the molecule is CCOC(=O)c1ccccc1-c1ncc[nH]1.Cl. The van der Waals surface area contributed by atoms with Gasteiger partial charge in [0.05, 0.1) is 12.2 Å². The van der Waals surface area contributed by atoms with Crippen LogP contribution in [0.25, 0.3) is 11.4 Å². The molecule has 5 heteroatoms. The lowest BCUT2D eigenvalue weighted by Gasteiger charge is -2.06. The van der Waals surface area contributed by atoms with Crippen LogP contribution in [0.5, 0.6) is 0 Å². The molecule has 0 saturated carbocycles. The average molecular weight is 253 g/mol. The van der Waals surface area contributed by atoms with Crippen molar-refractivity contribution in [2.45, 2.75) is 6.92 Å². The maximum Gasteiger partial charge on any atom is 0.338 e. The average Bonchev–Trinajstić information content (AvgIpc) is 2.83. The molecule has 1 heterocycles. The lowest BCUT2D eigenvalue weighted by molar-refractivity contribution is 0.0527. The predicted molar refractivity (Wildman–Crippen MR) is 67.2 cm³/mol. The Morgan fingerprint density at radius 2 is 2.18 bits per heavy atom. The van der Waals surface area contributed by atoms with Crippen LogP contribution in [0.2, 0.25) is 0 Å². The van der Waals surface area contributed by atoms with Crippen LogP contribution >= 0.6 is 12.4 Å². The number of H-pyrrole nitrogens is 1. The molecule has 0 aliphatic heterocycles. The van der Waals surface area contributed by atoms with Crippen molar-refractivity contribution in [1.82, 2.24) is 9.97 Å². The maximum atomic E-state index is 11.7. The molecule has 90 valence electrons. The fourth-order valence-electron chi connectivity index (χ4n) is 1.49. The molecule has 17 heavy (non-hydrogen) atoms. The summed E-state index contributed by atoms with van der Waals surface area (Å²) in [5.74, 6) is 0.346. The van der Waals surface area contributed by atoms with E-state index in [-0.39, 0.29) is 18.4 Å². The Balaban J connectivity index is 0.00000144. The zero-order valence-corrected chi connectivity index (χ0v) is 10.2. The van der Waals surface area contributed by atoms with Gasteiger partial charge >= 0.3 is 5.97 Å². The zero-order valence-electron chi connectivity index (χ0n) is 9.34. The number of imidazole rings is 1. The second-order valence-corrected chi connectivity index (χ2v) is 3.20. The summed E-state index contributed by atoms with van der Waals surface area (Å²) in [5, 5.41) is 0. The summed E-state index contributed by atoms with van der Waals surface area (Å²) in [6.45, 7) is 2.15. The van der Waals surface area contributed by atoms with E-state index in [4.69, 9.17) is 4.74 Å². The highest BCUT2D eigenvalue weighted by molar-refractivity contribution is 5.96. The van der Waals surface area contributed by atoms with Gasteiger partial charge in [0, 0.05) is 18.0 Å². The fourth-order valence-corrected chi connectivity index (χ4v) is 1.49. The molecule has 2 aromatic rings. The molecule has 0 atom stereocenters. The number of aromatic amines is 1. The summed E-state index contributed by atoms with van der Waals surface area (Å²) in [7, 11) is 0. The van der Waals surface area contributed by atoms with E-state index in [1.165, 1.54) is 0 Å². The van der Waals surface area contributed by atoms with Gasteiger partial charge in [-0.1, -0.05) is 18.2 Å². The quantitative estimate of drug-likeness (QED) is 0.855. The Labute approximate surface area is 105 Å². The van der Waals surface area contributed by atoms with Gasteiger partial charge < -0.3 is 9.72 Å². The van der Waals surface area contributed by atoms with E-state index in [0.29, 0.717) is 18.0 Å². The molecule has 1 N–H and O–H groups in total. The topological polar surface area (TPSA) is 55.0 Å². The lowest BCUT2D eigenvalue weighted by Crippen LogP contribution is -2.06. The number of rotatable bonds is 3. The van der Waals surface area contributed by atoms with Crippen molar-refractivity contribution in [2.24, 2.45) is 0 Å². The summed E-state index contributed by atoms with van der Waals surface area (Å²) < 4.78 is 4.99. The molecule has 0 radical (unpaired) electrons. The summed E-state index contributed by atoms with van der Waals surface area (Å²) in [6, 6.07) is 7.24. The molecule has 0 unspecified atom stereocenters. The molecular weight excluding hydrogens is 240 g/mol. The van der Waals surface area contributed by atoms with E-state index in [1.54, 1.807) is 31.5 Å². The third-order valence-corrected chi connectivity index (χ3v) is 2.18. The number of nitrogens with zero attached hydrogens (tertiary/aromatic N) is 1. The monoisotopic (exact) mass is 252 g/mol. The number of hydrogen-bond acceptors (Lipinski definition) is 3. The first kappa shape index (κ1) is 13.3. The zero-order chi connectivity index (χ0) is 11.4. The number of nitrogens with one attached hydrogen (secondary N) is 1. The molecule has 0 aliphatic rings. The van der Waals surface area contributed by atoms with Crippen LogP contribution in [0.3, 0.4) is 0 Å². The number of hydrogen-bond donors (Lipinski definition) is 1. The van der Waals surface area contributed by atoms with E-state index in [1.807, 2.05) is 12.1 Å². The summed E-state index contributed by atoms with van der Waals surface area (Å²) >= 11 is 0. The Bertz CT molecular complexity index is 483. The molecule has 0 saturated heterocycles. The molecule has 0 bridgehead atoms. The lowest BCUT2D eigenvalue weighted by atomic mass is 10.1. The van der Waals surface area contributed by atoms with E-state index in [2.05, 4.69) is 9.97 Å². The number of carbonyl (C=O) groups is 1. The third-order valence-electron chi connectivity index (χ3n) is 2.18. The summed E-state index contributed by atoms with van der Waals surface area (Å²) in [5.41, 5.74) is 1.28. The number of halogens is 1. The van der Waals surface area contributed by atoms with Crippen LogP contribution < -0.4 is 0 Å². The third kappa shape index (κ3) is 2.85. The van der Waals surface area contributed by atoms with Gasteiger partial charge in [-0.15, -0.1) is 12.4 Å². The Kier molecular flexibility index (Phi) is 4.72. The van der Waals surface area contributed by atoms with Gasteiger partial charge in [-0.05, 0) is 13.0 Å². The van der Waals surface area contributed by atoms with Crippen molar-refractivity contribution in [1.29, 1.82) is 0 Å². The standard InChI is InChI=1S/C12H12N2O2.ClH/c1-2-16-12(15)10-6-4-3-5-9(10)11-13-7-8-14-11;/h3-8H,2H2,1H3,(H,13,14);1H. The molecule has 0 aliphatic carbocycles. The van der Waals surface area contributed by atoms with E-state index < -0.39 is 0 Å². The van der Waals surface area contributed by atoms with Crippen molar-refractivity contribution in [3.05, 3.63) is 42.2 Å². The van der Waals surface area contributed by atoms with Gasteiger partial charge in [-0.3, -0.25) is 0 Å². The van der Waals surface area contributed by atoms with Crippen LogP contribution in [-0.2, 0) is 4.74 Å². The first-order chi connectivity index (χ1) is 7.83. The molecule has 1 aromatic heterocycles. The van der Waals surface area contributed by atoms with Crippen LogP contribution in [-0.4, -0.2) is 22.5 Å². The van der Waals surface area contributed by atoms with Crippen LogP contribution in [0.4, 0.5) is 0 Å². The van der Waals surface area contributed by atoms with Crippen molar-refractivity contribution in [3.8, 4) is 11.4 Å². The smallest absolute Gasteiger partial charge is 0.338 e. The molecule has 0 amide bonds. The maximum absolute atomic E-state index is 11.7. The number of ether oxygens (including phenoxy) is 1. The highest BCUT2D eigenvalue weighted by atomic mass is 35.5. The number of esters is 1. The molecule has 4 nitrogen and oxygen atoms in total. The number of carbonyl (C=O) groups excluding carboxylic acids is 1. The van der Waals surface area contributed by atoms with E-state index in [9.17, 15) is 4.79 Å². The van der Waals surface area contributed by atoms with Gasteiger partial charge in [0.2, 0.25) is 0 Å². The van der Waals surface area contributed by atoms with E-state index >= 15 is 0 Å². The van der Waals surface area contributed by atoms with Crippen molar-refractivity contribution in [3.63, 3.8) is 0 Å². The minimum Gasteiger partial charge on any atom is -0.462 e. The van der Waals surface area contributed by atoms with Crippen LogP contribution in [0, 0.1) is 0 Å². The minimum absolute atomic E-state index is 0. The van der Waals surface area contributed by atoms with Crippen molar-refractivity contribution < 1.29 is 9.53 Å². The van der Waals surface area contributed by atoms with Gasteiger partial charge in [0.1, 0.15) is 5.82 Å². The van der Waals surface area contributed by atoms with Crippen molar-refractivity contribution >= 4 is 18.4 Å². The largest absolute Gasteiger partial charge is 0.462 e. The highest BCUT2D eigenvalue weighted by Gasteiger charge is 2.13. The first-order valence-electron chi connectivity index (χ1n) is 5.09. The Morgan fingerprint density at radius 1 is 1.41 bits per heavy atom. The molecule has 2 rings (SSSR count). The molecule has 1 aromatic carbocycles. The molecule has 0 fully saturated rings. The fraction of sp³-hybridized carbons (Fsp3) is 0.167. The van der Waals surface area contributed by atoms with Crippen molar-refractivity contribution in [2.75, 3.05) is 6.61 Å². The second kappa shape index (κ2) is 6.06. The predicted octanol–water partition coefficient (Wildman–Crippen LogP) is 2.68. The molecule has 0 spiro atoms. The van der Waals surface area contributed by atoms with Gasteiger partial charge in [0.15, 0.2) is 0 Å². The summed E-state index contributed by atoms with van der Waals surface area (Å²) in [6.07, 6.45) is 3.37. The summed E-state index contributed by atoms with van der Waals surface area (Å²) in [4.78, 5) is 18.8. The Morgan fingerprint density at radius 3 is 2.82 bits per heavy atom. The Hall–Kier alpha value is -1.81. The first-order valence-corrected chi connectivity index (χ1v) is 5.09.